The molecule has 7 nitrogen and oxygen atoms in total. The van der Waals surface area contributed by atoms with E-state index in [-0.39, 0.29) is 22.9 Å². The normalized spacial score (nSPS) is 10.7. The van der Waals surface area contributed by atoms with Gasteiger partial charge in [-0.25, -0.2) is 4.98 Å². The first-order valence-electron chi connectivity index (χ1n) is 6.12. The Bertz CT molecular complexity index is 889. The first-order valence-corrected chi connectivity index (χ1v) is 6.12. The number of nitrogens with zero attached hydrogens (tertiary/aromatic N) is 2. The van der Waals surface area contributed by atoms with Crippen LogP contribution in [0, 0.1) is 0 Å². The number of methoxy groups -OCH3 is 1. The number of fused-ring (bicyclic) bond motifs is 1. The fourth-order valence-corrected chi connectivity index (χ4v) is 2.04. The molecule has 106 valence electrons. The molecule has 0 fully saturated rings. The molecule has 0 atom stereocenters. The van der Waals surface area contributed by atoms with Gasteiger partial charge < -0.3 is 15.6 Å². The van der Waals surface area contributed by atoms with Gasteiger partial charge in [0.15, 0.2) is 5.65 Å². The zero-order valence-electron chi connectivity index (χ0n) is 11.1. The first kappa shape index (κ1) is 12.9. The molecular formula is C14H12N4O3. The lowest BCUT2D eigenvalue weighted by atomic mass is 10.1. The third-order valence-corrected chi connectivity index (χ3v) is 3.07. The van der Waals surface area contributed by atoms with Gasteiger partial charge in [0.05, 0.1) is 18.2 Å². The van der Waals surface area contributed by atoms with Crippen LogP contribution in [0.4, 0.5) is 5.95 Å². The van der Waals surface area contributed by atoms with E-state index in [2.05, 4.69) is 15.0 Å². The highest BCUT2D eigenvalue weighted by atomic mass is 16.5. The Morgan fingerprint density at radius 1 is 1.24 bits per heavy atom. The second kappa shape index (κ2) is 4.78. The van der Waals surface area contributed by atoms with Crippen molar-refractivity contribution < 1.29 is 9.84 Å². The first-order chi connectivity index (χ1) is 10.1. The lowest BCUT2D eigenvalue weighted by Crippen LogP contribution is -2.12. The van der Waals surface area contributed by atoms with Crippen molar-refractivity contribution in [3.05, 3.63) is 40.7 Å². The van der Waals surface area contributed by atoms with Crippen LogP contribution in [0.2, 0.25) is 0 Å². The predicted octanol–water partition coefficient (Wildman–Crippen LogP) is 1.28. The molecule has 0 aliphatic carbocycles. The maximum atomic E-state index is 11.7. The van der Waals surface area contributed by atoms with Gasteiger partial charge in [0.1, 0.15) is 11.5 Å². The second-order valence-electron chi connectivity index (χ2n) is 4.40. The van der Waals surface area contributed by atoms with E-state index in [1.54, 1.807) is 24.3 Å². The van der Waals surface area contributed by atoms with Crippen molar-refractivity contribution in [2.45, 2.75) is 0 Å². The van der Waals surface area contributed by atoms with E-state index >= 15 is 0 Å². The minimum Gasteiger partial charge on any atom is -0.507 e. The van der Waals surface area contributed by atoms with Gasteiger partial charge in [-0.2, -0.15) is 4.98 Å². The van der Waals surface area contributed by atoms with Gasteiger partial charge in [0, 0.05) is 11.6 Å². The highest BCUT2D eigenvalue weighted by molar-refractivity contribution is 5.79. The molecule has 1 aromatic carbocycles. The van der Waals surface area contributed by atoms with Gasteiger partial charge in [-0.15, -0.1) is 0 Å². The van der Waals surface area contributed by atoms with Gasteiger partial charge in [-0.3, -0.25) is 9.78 Å². The Morgan fingerprint density at radius 3 is 2.76 bits per heavy atom. The summed E-state index contributed by atoms with van der Waals surface area (Å²) < 4.78 is 5.03. The zero-order chi connectivity index (χ0) is 15.0. The van der Waals surface area contributed by atoms with Crippen molar-refractivity contribution in [2.75, 3.05) is 12.8 Å². The van der Waals surface area contributed by atoms with E-state index in [9.17, 15) is 9.90 Å². The summed E-state index contributed by atoms with van der Waals surface area (Å²) in [6.45, 7) is 0. The number of benzene rings is 1. The third-order valence-electron chi connectivity index (χ3n) is 3.07. The van der Waals surface area contributed by atoms with Crippen molar-refractivity contribution in [1.82, 2.24) is 15.0 Å². The van der Waals surface area contributed by atoms with E-state index in [0.29, 0.717) is 22.4 Å². The topological polar surface area (TPSA) is 114 Å². The van der Waals surface area contributed by atoms with E-state index in [0.717, 1.165) is 0 Å². The molecule has 4 N–H and O–H groups in total. The number of aromatic nitrogens is 3. The number of ether oxygens (including phenoxy) is 1. The number of nitrogens with one attached hydrogen (secondary N) is 1. The van der Waals surface area contributed by atoms with Crippen molar-refractivity contribution in [3.63, 3.8) is 0 Å². The minimum absolute atomic E-state index is 0.00361. The van der Waals surface area contributed by atoms with Crippen LogP contribution in [0.25, 0.3) is 22.3 Å². The van der Waals surface area contributed by atoms with E-state index in [4.69, 9.17) is 10.5 Å². The number of phenolic OH excluding ortho intramolecular Hbond substituents is 1. The van der Waals surface area contributed by atoms with Crippen LogP contribution < -0.4 is 16.0 Å². The van der Waals surface area contributed by atoms with Crippen LogP contribution in [-0.2, 0) is 0 Å². The summed E-state index contributed by atoms with van der Waals surface area (Å²) in [5, 5.41) is 10.4. The van der Waals surface area contributed by atoms with Crippen LogP contribution in [0.15, 0.2) is 35.1 Å². The molecule has 0 aliphatic heterocycles. The molecule has 2 aromatic heterocycles. The Labute approximate surface area is 119 Å². The molecule has 0 unspecified atom stereocenters. The van der Waals surface area contributed by atoms with Crippen LogP contribution >= 0.6 is 0 Å². The molecule has 0 amide bonds. The van der Waals surface area contributed by atoms with Crippen molar-refractivity contribution in [1.29, 1.82) is 0 Å². The largest absolute Gasteiger partial charge is 0.507 e. The fraction of sp³-hybridized carbons (Fsp3) is 0.0714. The summed E-state index contributed by atoms with van der Waals surface area (Å²) >= 11 is 0. The number of nitrogens with two attached hydrogens (primary N) is 1. The standard InChI is InChI=1S/C14H12N4O3/c1-21-7-2-3-8(11(19)6-7)10-5-4-9-12(16-10)17-14(15)18-13(9)20/h2-6,19H,1H3,(H3,15,16,17,18,20). The maximum absolute atomic E-state index is 11.7. The number of pyridine rings is 1. The summed E-state index contributed by atoms with van der Waals surface area (Å²) in [6.07, 6.45) is 0. The lowest BCUT2D eigenvalue weighted by molar-refractivity contribution is 0.408. The number of rotatable bonds is 2. The Hall–Kier alpha value is -3.09. The molecule has 0 saturated heterocycles. The maximum Gasteiger partial charge on any atom is 0.261 e. The molecule has 7 heteroatoms. The fourth-order valence-electron chi connectivity index (χ4n) is 2.04. The van der Waals surface area contributed by atoms with Crippen LogP contribution in [0.3, 0.4) is 0 Å². The molecular weight excluding hydrogens is 272 g/mol. The van der Waals surface area contributed by atoms with Gasteiger partial charge in [0.2, 0.25) is 5.95 Å². The number of H-pyrrole nitrogens is 1. The quantitative estimate of drug-likeness (QED) is 0.653. The second-order valence-corrected chi connectivity index (χ2v) is 4.40. The number of phenols is 1. The molecule has 0 saturated carbocycles. The van der Waals surface area contributed by atoms with Crippen molar-refractivity contribution in [2.24, 2.45) is 0 Å². The molecule has 0 aliphatic rings. The summed E-state index contributed by atoms with van der Waals surface area (Å²) in [6, 6.07) is 8.10. The number of hydrogen-bond acceptors (Lipinski definition) is 6. The molecule has 3 aromatic rings. The van der Waals surface area contributed by atoms with Crippen molar-refractivity contribution >= 4 is 17.0 Å². The molecule has 2 heterocycles. The van der Waals surface area contributed by atoms with Gasteiger partial charge in [-0.05, 0) is 24.3 Å². The Balaban J connectivity index is 2.19. The average molecular weight is 284 g/mol. The highest BCUT2D eigenvalue weighted by Gasteiger charge is 2.10. The van der Waals surface area contributed by atoms with Crippen LogP contribution in [-0.4, -0.2) is 27.2 Å². The van der Waals surface area contributed by atoms with E-state index in [1.807, 2.05) is 0 Å². The van der Waals surface area contributed by atoms with Gasteiger partial charge in [0.25, 0.3) is 5.56 Å². The Kier molecular flexibility index (Phi) is 2.94. The molecule has 0 radical (unpaired) electrons. The van der Waals surface area contributed by atoms with Gasteiger partial charge in [-0.1, -0.05) is 0 Å². The number of nitrogen functional groups attached to an aromatic ring is 1. The van der Waals surface area contributed by atoms with E-state index in [1.165, 1.54) is 13.2 Å². The summed E-state index contributed by atoms with van der Waals surface area (Å²) in [7, 11) is 1.52. The minimum atomic E-state index is -0.351. The number of anilines is 1. The molecule has 0 bridgehead atoms. The number of aromatic hydroxyl groups is 1. The Morgan fingerprint density at radius 2 is 2.05 bits per heavy atom. The molecule has 3 rings (SSSR count). The lowest BCUT2D eigenvalue weighted by Gasteiger charge is -2.07. The van der Waals surface area contributed by atoms with Crippen molar-refractivity contribution in [3.8, 4) is 22.8 Å². The summed E-state index contributed by atoms with van der Waals surface area (Å²) in [5.41, 5.74) is 6.38. The smallest absolute Gasteiger partial charge is 0.261 e. The zero-order valence-corrected chi connectivity index (χ0v) is 11.1. The SMILES string of the molecule is COc1ccc(-c2ccc3c(=O)[nH]c(N)nc3n2)c(O)c1. The molecule has 0 spiro atoms. The third kappa shape index (κ3) is 2.25. The highest BCUT2D eigenvalue weighted by Crippen LogP contribution is 2.31. The number of aromatic amines is 1. The van der Waals surface area contributed by atoms with E-state index < -0.39 is 0 Å². The average Bonchev–Trinajstić information content (AvgIpc) is 2.46. The monoisotopic (exact) mass is 284 g/mol. The molecule has 21 heavy (non-hydrogen) atoms. The van der Waals surface area contributed by atoms with Crippen LogP contribution in [0.5, 0.6) is 11.5 Å². The summed E-state index contributed by atoms with van der Waals surface area (Å²) in [5.74, 6) is 0.561. The number of hydrogen-bond donors (Lipinski definition) is 3. The van der Waals surface area contributed by atoms with Crippen LogP contribution in [0.1, 0.15) is 0 Å². The summed E-state index contributed by atoms with van der Waals surface area (Å²) in [4.78, 5) is 22.4. The predicted molar refractivity (Wildman–Crippen MR) is 78.2 cm³/mol. The van der Waals surface area contributed by atoms with Gasteiger partial charge >= 0.3 is 0 Å².